The molecule has 0 radical (unpaired) electrons. The lowest BCUT2D eigenvalue weighted by molar-refractivity contribution is -0.143. The lowest BCUT2D eigenvalue weighted by Gasteiger charge is -2.46. The third kappa shape index (κ3) is 3.02. The van der Waals surface area contributed by atoms with Crippen LogP contribution in [-0.4, -0.2) is 53.5 Å². The van der Waals surface area contributed by atoms with Crippen LogP contribution in [-0.2, 0) is 9.53 Å². The number of carbonyl (C=O) groups is 2. The van der Waals surface area contributed by atoms with Gasteiger partial charge in [-0.05, 0) is 37.1 Å². The van der Waals surface area contributed by atoms with E-state index < -0.39 is 5.60 Å². The number of likely N-dealkylation sites (tertiary alicyclic amines) is 1. The molecule has 2 amide bonds. The highest BCUT2D eigenvalue weighted by Gasteiger charge is 2.43. The molecule has 2 aliphatic rings. The molecule has 25 heavy (non-hydrogen) atoms. The molecule has 0 aromatic carbocycles. The first-order valence-electron chi connectivity index (χ1n) is 8.34. The van der Waals surface area contributed by atoms with Crippen LogP contribution in [0.4, 0.5) is 5.69 Å². The third-order valence-corrected chi connectivity index (χ3v) is 4.90. The number of anilines is 1. The monoisotopic (exact) mass is 341 g/mol. The van der Waals surface area contributed by atoms with Gasteiger partial charge in [0.15, 0.2) is 5.76 Å². The normalized spacial score (nSPS) is 20.1. The molecule has 0 saturated carbocycles. The first-order chi connectivity index (χ1) is 12.2. The van der Waals surface area contributed by atoms with Crippen molar-refractivity contribution < 1.29 is 18.7 Å². The Morgan fingerprint density at radius 3 is 2.72 bits per heavy atom. The molecular weight excluding hydrogens is 322 g/mol. The lowest BCUT2D eigenvalue weighted by Crippen LogP contribution is -2.59. The number of rotatable bonds is 2. The van der Waals surface area contributed by atoms with Crippen molar-refractivity contribution in [3.63, 3.8) is 0 Å². The van der Waals surface area contributed by atoms with Gasteiger partial charge < -0.3 is 19.0 Å². The first-order valence-corrected chi connectivity index (χ1v) is 8.34. The van der Waals surface area contributed by atoms with Crippen LogP contribution in [0.25, 0.3) is 0 Å². The fourth-order valence-corrected chi connectivity index (χ4v) is 3.44. The van der Waals surface area contributed by atoms with Crippen molar-refractivity contribution in [2.75, 3.05) is 31.1 Å². The van der Waals surface area contributed by atoms with Crippen molar-refractivity contribution in [1.29, 1.82) is 0 Å². The number of morpholine rings is 1. The molecule has 1 spiro atoms. The molecule has 4 heterocycles. The highest BCUT2D eigenvalue weighted by molar-refractivity contribution is 5.95. The summed E-state index contributed by atoms with van der Waals surface area (Å²) in [5.41, 5.74) is 0.369. The lowest BCUT2D eigenvalue weighted by atomic mass is 9.89. The van der Waals surface area contributed by atoms with Gasteiger partial charge in [-0.2, -0.15) is 0 Å². The molecule has 0 unspecified atom stereocenters. The number of aromatic nitrogens is 1. The van der Waals surface area contributed by atoms with Gasteiger partial charge in [-0.3, -0.25) is 14.6 Å². The van der Waals surface area contributed by atoms with Gasteiger partial charge in [0.1, 0.15) is 6.61 Å². The van der Waals surface area contributed by atoms with Gasteiger partial charge in [0, 0.05) is 19.3 Å². The number of hydrogen-bond donors (Lipinski definition) is 0. The van der Waals surface area contributed by atoms with Crippen molar-refractivity contribution in [1.82, 2.24) is 9.88 Å². The molecule has 4 rings (SSSR count). The number of hydrogen-bond acceptors (Lipinski definition) is 5. The predicted molar refractivity (Wildman–Crippen MR) is 89.1 cm³/mol. The quantitative estimate of drug-likeness (QED) is 0.831. The Bertz CT molecular complexity index is 752. The number of carbonyl (C=O) groups excluding carboxylic acids is 2. The van der Waals surface area contributed by atoms with Gasteiger partial charge in [0.2, 0.25) is 0 Å². The second-order valence-electron chi connectivity index (χ2n) is 6.43. The maximum absolute atomic E-state index is 12.4. The fourth-order valence-electron chi connectivity index (χ4n) is 3.44. The molecule has 2 aromatic heterocycles. The van der Waals surface area contributed by atoms with E-state index in [1.165, 1.54) is 6.26 Å². The molecule has 2 aromatic rings. The SMILES string of the molecule is O=C(c1ccco1)N1CCC2(CC1)CN(c1cccnc1)C(=O)CO2. The molecule has 7 nitrogen and oxygen atoms in total. The van der Waals surface area contributed by atoms with Gasteiger partial charge in [0.05, 0.1) is 30.3 Å². The van der Waals surface area contributed by atoms with Crippen LogP contribution in [0.5, 0.6) is 0 Å². The van der Waals surface area contributed by atoms with Crippen molar-refractivity contribution in [2.24, 2.45) is 0 Å². The summed E-state index contributed by atoms with van der Waals surface area (Å²) in [5, 5.41) is 0. The molecule has 0 N–H and O–H groups in total. The maximum Gasteiger partial charge on any atom is 0.289 e. The fraction of sp³-hybridized carbons (Fsp3) is 0.389. The van der Waals surface area contributed by atoms with Gasteiger partial charge in [0.25, 0.3) is 11.8 Å². The second-order valence-corrected chi connectivity index (χ2v) is 6.43. The van der Waals surface area contributed by atoms with Gasteiger partial charge in [-0.15, -0.1) is 0 Å². The van der Waals surface area contributed by atoms with E-state index in [0.717, 1.165) is 5.69 Å². The Labute approximate surface area is 145 Å². The van der Waals surface area contributed by atoms with Gasteiger partial charge >= 0.3 is 0 Å². The number of furan rings is 1. The van der Waals surface area contributed by atoms with Crippen molar-refractivity contribution in [2.45, 2.75) is 18.4 Å². The topological polar surface area (TPSA) is 75.9 Å². The van der Waals surface area contributed by atoms with Crippen LogP contribution < -0.4 is 4.90 Å². The van der Waals surface area contributed by atoms with Crippen LogP contribution in [0.2, 0.25) is 0 Å². The number of nitrogens with zero attached hydrogens (tertiary/aromatic N) is 3. The molecule has 2 saturated heterocycles. The first kappa shape index (κ1) is 15.8. The van der Waals surface area contributed by atoms with Crippen LogP contribution in [0, 0.1) is 0 Å². The maximum atomic E-state index is 12.4. The van der Waals surface area contributed by atoms with E-state index in [4.69, 9.17) is 9.15 Å². The smallest absolute Gasteiger partial charge is 0.289 e. The largest absolute Gasteiger partial charge is 0.459 e. The van der Waals surface area contributed by atoms with Crippen LogP contribution in [0.3, 0.4) is 0 Å². The Hall–Kier alpha value is -2.67. The minimum Gasteiger partial charge on any atom is -0.459 e. The Morgan fingerprint density at radius 1 is 1.20 bits per heavy atom. The van der Waals surface area contributed by atoms with Gasteiger partial charge in [-0.25, -0.2) is 0 Å². The highest BCUT2D eigenvalue weighted by atomic mass is 16.5. The third-order valence-electron chi connectivity index (χ3n) is 4.90. The predicted octanol–water partition coefficient (Wildman–Crippen LogP) is 1.71. The van der Waals surface area contributed by atoms with Crippen LogP contribution in [0.1, 0.15) is 23.4 Å². The Balaban J connectivity index is 1.45. The summed E-state index contributed by atoms with van der Waals surface area (Å²) in [4.78, 5) is 32.2. The minimum atomic E-state index is -0.413. The Morgan fingerprint density at radius 2 is 2.04 bits per heavy atom. The average molecular weight is 341 g/mol. The van der Waals surface area contributed by atoms with E-state index in [1.807, 2.05) is 12.1 Å². The van der Waals surface area contributed by atoms with Crippen molar-refractivity contribution in [3.8, 4) is 0 Å². The highest BCUT2D eigenvalue weighted by Crippen LogP contribution is 2.33. The van der Waals surface area contributed by atoms with E-state index in [0.29, 0.717) is 38.2 Å². The summed E-state index contributed by atoms with van der Waals surface area (Å²) >= 11 is 0. The van der Waals surface area contributed by atoms with Crippen molar-refractivity contribution >= 4 is 17.5 Å². The van der Waals surface area contributed by atoms with E-state index in [-0.39, 0.29) is 18.4 Å². The summed E-state index contributed by atoms with van der Waals surface area (Å²) < 4.78 is 11.1. The molecule has 2 aliphatic heterocycles. The number of amides is 2. The standard InChI is InChI=1S/C18H19N3O4/c22-16-12-25-18(13-21(16)14-3-1-7-19-11-14)5-8-20(9-6-18)17(23)15-4-2-10-24-15/h1-4,7,10-11H,5-6,8-9,12-13H2. The van der Waals surface area contributed by atoms with E-state index >= 15 is 0 Å². The molecule has 130 valence electrons. The van der Waals surface area contributed by atoms with Gasteiger partial charge in [-0.1, -0.05) is 0 Å². The Kier molecular flexibility index (Phi) is 4.01. The summed E-state index contributed by atoms with van der Waals surface area (Å²) in [5.74, 6) is 0.191. The molecule has 0 aliphatic carbocycles. The molecule has 2 fully saturated rings. The molecular formula is C18H19N3O4. The summed E-state index contributed by atoms with van der Waals surface area (Å²) in [7, 11) is 0. The summed E-state index contributed by atoms with van der Waals surface area (Å²) in [6, 6.07) is 7.07. The average Bonchev–Trinajstić information content (AvgIpc) is 3.20. The van der Waals surface area contributed by atoms with E-state index in [9.17, 15) is 9.59 Å². The number of piperidine rings is 1. The van der Waals surface area contributed by atoms with Crippen LogP contribution in [0.15, 0.2) is 47.3 Å². The van der Waals surface area contributed by atoms with E-state index in [1.54, 1.807) is 34.3 Å². The molecule has 7 heteroatoms. The molecule has 0 bridgehead atoms. The van der Waals surface area contributed by atoms with Crippen molar-refractivity contribution in [3.05, 3.63) is 48.7 Å². The zero-order valence-electron chi connectivity index (χ0n) is 13.8. The minimum absolute atomic E-state index is 0.0566. The van der Waals surface area contributed by atoms with Crippen LogP contribution >= 0.6 is 0 Å². The zero-order valence-corrected chi connectivity index (χ0v) is 13.8. The summed E-state index contributed by atoms with van der Waals surface area (Å²) in [6.07, 6.45) is 6.24. The number of pyridine rings is 1. The number of ether oxygens (including phenoxy) is 1. The second kappa shape index (κ2) is 6.33. The zero-order chi connectivity index (χ0) is 17.3. The summed E-state index contributed by atoms with van der Waals surface area (Å²) in [6.45, 7) is 1.70. The molecule has 0 atom stereocenters. The van der Waals surface area contributed by atoms with E-state index in [2.05, 4.69) is 4.98 Å².